The van der Waals surface area contributed by atoms with Crippen molar-refractivity contribution in [3.05, 3.63) is 95.3 Å². The number of piperidine rings is 1. The number of hydrogen-bond donors (Lipinski definition) is 1. The third kappa shape index (κ3) is 6.02. The molecule has 1 saturated heterocycles. The first-order valence-corrected chi connectivity index (χ1v) is 11.1. The smallest absolute Gasteiger partial charge is 0.251 e. The quantitative estimate of drug-likeness (QED) is 0.555. The van der Waals surface area contributed by atoms with Crippen molar-refractivity contribution in [1.82, 2.24) is 10.2 Å². The van der Waals surface area contributed by atoms with Gasteiger partial charge in [-0.05, 0) is 78.9 Å². The summed E-state index contributed by atoms with van der Waals surface area (Å²) in [4.78, 5) is 15.0. The van der Waals surface area contributed by atoms with Crippen molar-refractivity contribution in [1.29, 1.82) is 0 Å². The molecule has 3 nitrogen and oxygen atoms in total. The molecule has 1 heterocycles. The predicted octanol–water partition coefficient (Wildman–Crippen LogP) is 5.45. The van der Waals surface area contributed by atoms with Crippen molar-refractivity contribution in [2.45, 2.75) is 32.2 Å². The van der Waals surface area contributed by atoms with E-state index in [2.05, 4.69) is 34.5 Å². The summed E-state index contributed by atoms with van der Waals surface area (Å²) in [5.74, 6) is -0.330. The third-order valence-corrected chi connectivity index (χ3v) is 5.90. The molecule has 1 amide bonds. The molecule has 4 heteroatoms. The molecule has 1 aliphatic rings. The Bertz CT molecular complexity index is 975. The number of carbonyl (C=O) groups excluding carboxylic acids is 1. The van der Waals surface area contributed by atoms with E-state index in [0.717, 1.165) is 24.1 Å². The van der Waals surface area contributed by atoms with Crippen LogP contribution in [0.2, 0.25) is 0 Å². The van der Waals surface area contributed by atoms with Gasteiger partial charge in [-0.25, -0.2) is 4.39 Å². The minimum absolute atomic E-state index is 0.0765. The van der Waals surface area contributed by atoms with Crippen molar-refractivity contribution in [3.63, 3.8) is 0 Å². The maximum absolute atomic E-state index is 13.1. The fraction of sp³-hybridized carbons (Fsp3) is 0.296. The highest BCUT2D eigenvalue weighted by Gasteiger charge is 2.10. The summed E-state index contributed by atoms with van der Waals surface area (Å²) in [7, 11) is 0. The van der Waals surface area contributed by atoms with Gasteiger partial charge in [0.15, 0.2) is 0 Å². The van der Waals surface area contributed by atoms with Gasteiger partial charge in [-0.2, -0.15) is 0 Å². The summed E-state index contributed by atoms with van der Waals surface area (Å²) in [6.07, 6.45) is 4.79. The van der Waals surface area contributed by atoms with Crippen LogP contribution in [0.15, 0.2) is 72.8 Å². The first-order chi connectivity index (χ1) is 15.2. The molecular weight excluding hydrogens is 387 g/mol. The Balaban J connectivity index is 1.24. The van der Waals surface area contributed by atoms with Crippen molar-refractivity contribution >= 4 is 5.91 Å². The highest BCUT2D eigenvalue weighted by atomic mass is 19.1. The molecule has 4 rings (SSSR count). The Labute approximate surface area is 183 Å². The molecule has 31 heavy (non-hydrogen) atoms. The van der Waals surface area contributed by atoms with Gasteiger partial charge >= 0.3 is 0 Å². The van der Waals surface area contributed by atoms with Crippen molar-refractivity contribution in [2.75, 3.05) is 19.6 Å². The number of nitrogens with zero attached hydrogens (tertiary/aromatic N) is 1. The van der Waals surface area contributed by atoms with Gasteiger partial charge in [0.25, 0.3) is 5.91 Å². The van der Waals surface area contributed by atoms with Crippen molar-refractivity contribution in [3.8, 4) is 11.1 Å². The number of rotatable bonds is 7. The van der Waals surface area contributed by atoms with E-state index in [4.69, 9.17) is 0 Å². The summed E-state index contributed by atoms with van der Waals surface area (Å²) in [6.45, 7) is 4.05. The molecule has 1 aliphatic heterocycles. The lowest BCUT2D eigenvalue weighted by Crippen LogP contribution is -2.29. The molecule has 160 valence electrons. The molecule has 0 saturated carbocycles. The zero-order chi connectivity index (χ0) is 21.5. The molecule has 3 aromatic carbocycles. The van der Waals surface area contributed by atoms with E-state index >= 15 is 0 Å². The topological polar surface area (TPSA) is 32.3 Å². The van der Waals surface area contributed by atoms with Crippen LogP contribution >= 0.6 is 0 Å². The number of hydrogen-bond acceptors (Lipinski definition) is 2. The zero-order valence-electron chi connectivity index (χ0n) is 17.8. The minimum Gasteiger partial charge on any atom is -0.352 e. The molecule has 0 bridgehead atoms. The SMILES string of the molecule is O=C(NCCc1ccc(CN2CCCCC2)cc1)c1ccc(-c2ccc(F)cc2)cc1. The average molecular weight is 417 g/mol. The Hall–Kier alpha value is -2.98. The second kappa shape index (κ2) is 10.4. The van der Waals surface area contributed by atoms with Gasteiger partial charge in [0.1, 0.15) is 5.82 Å². The second-order valence-electron chi connectivity index (χ2n) is 8.24. The Morgan fingerprint density at radius 1 is 0.774 bits per heavy atom. The Morgan fingerprint density at radius 2 is 1.35 bits per heavy atom. The van der Waals surface area contributed by atoms with Crippen molar-refractivity contribution < 1.29 is 9.18 Å². The lowest BCUT2D eigenvalue weighted by molar-refractivity contribution is 0.0954. The van der Waals surface area contributed by atoms with Gasteiger partial charge in [-0.15, -0.1) is 0 Å². The van der Waals surface area contributed by atoms with Crippen LogP contribution in [0.25, 0.3) is 11.1 Å². The van der Waals surface area contributed by atoms with Crippen LogP contribution in [0, 0.1) is 5.82 Å². The molecule has 0 unspecified atom stereocenters. The molecule has 3 aromatic rings. The van der Waals surface area contributed by atoms with Crippen LogP contribution in [-0.2, 0) is 13.0 Å². The molecule has 0 atom stereocenters. The highest BCUT2D eigenvalue weighted by molar-refractivity contribution is 5.94. The number of halogens is 1. The monoisotopic (exact) mass is 416 g/mol. The lowest BCUT2D eigenvalue weighted by Gasteiger charge is -2.26. The number of benzene rings is 3. The van der Waals surface area contributed by atoms with E-state index < -0.39 is 0 Å². The summed E-state index contributed by atoms with van der Waals surface area (Å²) in [5.41, 5.74) is 5.10. The van der Waals surface area contributed by atoms with Crippen LogP contribution < -0.4 is 5.32 Å². The van der Waals surface area contributed by atoms with Crippen LogP contribution in [0.5, 0.6) is 0 Å². The van der Waals surface area contributed by atoms with Gasteiger partial charge in [-0.1, -0.05) is 55.0 Å². The zero-order valence-corrected chi connectivity index (χ0v) is 17.8. The van der Waals surface area contributed by atoms with E-state index in [9.17, 15) is 9.18 Å². The molecule has 0 aliphatic carbocycles. The molecule has 0 radical (unpaired) electrons. The van der Waals surface area contributed by atoms with Gasteiger partial charge in [0, 0.05) is 18.7 Å². The Kier molecular flexibility index (Phi) is 7.11. The normalized spacial score (nSPS) is 14.4. The molecule has 1 N–H and O–H groups in total. The maximum atomic E-state index is 13.1. The highest BCUT2D eigenvalue weighted by Crippen LogP contribution is 2.20. The fourth-order valence-electron chi connectivity index (χ4n) is 4.07. The van der Waals surface area contributed by atoms with E-state index in [1.165, 1.54) is 55.6 Å². The van der Waals surface area contributed by atoms with E-state index in [1.54, 1.807) is 12.1 Å². The number of amides is 1. The summed E-state index contributed by atoms with van der Waals surface area (Å²) in [6, 6.07) is 22.5. The largest absolute Gasteiger partial charge is 0.352 e. The van der Waals surface area contributed by atoms with Crippen LogP contribution in [-0.4, -0.2) is 30.4 Å². The number of likely N-dealkylation sites (tertiary alicyclic amines) is 1. The van der Waals surface area contributed by atoms with Gasteiger partial charge in [0.2, 0.25) is 0 Å². The summed E-state index contributed by atoms with van der Waals surface area (Å²) >= 11 is 0. The maximum Gasteiger partial charge on any atom is 0.251 e. The third-order valence-electron chi connectivity index (χ3n) is 5.90. The Morgan fingerprint density at radius 3 is 2.00 bits per heavy atom. The van der Waals surface area contributed by atoms with Gasteiger partial charge < -0.3 is 5.32 Å². The first kappa shape index (κ1) is 21.3. The van der Waals surface area contributed by atoms with E-state index in [-0.39, 0.29) is 11.7 Å². The molecule has 0 spiro atoms. The molecule has 1 fully saturated rings. The van der Waals surface area contributed by atoms with Gasteiger partial charge in [0.05, 0.1) is 0 Å². The number of carbonyl (C=O) groups is 1. The lowest BCUT2D eigenvalue weighted by atomic mass is 10.0. The van der Waals surface area contributed by atoms with Crippen LogP contribution in [0.1, 0.15) is 40.7 Å². The average Bonchev–Trinajstić information content (AvgIpc) is 2.81. The summed E-state index contributed by atoms with van der Waals surface area (Å²) < 4.78 is 13.1. The van der Waals surface area contributed by atoms with E-state index in [0.29, 0.717) is 12.1 Å². The fourth-order valence-corrected chi connectivity index (χ4v) is 4.07. The van der Waals surface area contributed by atoms with Crippen LogP contribution in [0.3, 0.4) is 0 Å². The van der Waals surface area contributed by atoms with E-state index in [1.807, 2.05) is 24.3 Å². The predicted molar refractivity (Wildman–Crippen MR) is 123 cm³/mol. The number of nitrogens with one attached hydrogen (secondary N) is 1. The second-order valence-corrected chi connectivity index (χ2v) is 8.24. The first-order valence-electron chi connectivity index (χ1n) is 11.1. The minimum atomic E-state index is -0.253. The summed E-state index contributed by atoms with van der Waals surface area (Å²) in [5, 5.41) is 3.00. The standard InChI is InChI=1S/C27H29FN2O/c28-26-14-12-24(13-15-26)23-8-10-25(11-9-23)27(31)29-17-16-21-4-6-22(7-5-21)20-30-18-2-1-3-19-30/h4-15H,1-3,16-20H2,(H,29,31). The van der Waals surface area contributed by atoms with Crippen LogP contribution in [0.4, 0.5) is 4.39 Å². The molecule has 0 aromatic heterocycles. The van der Waals surface area contributed by atoms with Gasteiger partial charge in [-0.3, -0.25) is 9.69 Å². The molecular formula is C27H29FN2O. The van der Waals surface area contributed by atoms with Crippen molar-refractivity contribution in [2.24, 2.45) is 0 Å².